The highest BCUT2D eigenvalue weighted by Gasteiger charge is 2.30. The number of carbonyl (C=O) groups excluding carboxylic acids is 1. The van der Waals surface area contributed by atoms with Gasteiger partial charge in [-0.05, 0) is 72.9 Å². The van der Waals surface area contributed by atoms with Crippen LogP contribution in [0, 0.1) is 13.8 Å². The highest BCUT2D eigenvalue weighted by molar-refractivity contribution is 5.97. The van der Waals surface area contributed by atoms with Gasteiger partial charge in [-0.25, -0.2) is 0 Å². The Balaban J connectivity index is 0.00000363. The van der Waals surface area contributed by atoms with Gasteiger partial charge in [-0.15, -0.1) is 12.4 Å². The van der Waals surface area contributed by atoms with E-state index in [0.717, 1.165) is 23.3 Å². The zero-order valence-electron chi connectivity index (χ0n) is 17.8. The zero-order chi connectivity index (χ0) is 22.6. The maximum atomic E-state index is 13.3. The molecule has 0 aliphatic heterocycles. The van der Waals surface area contributed by atoms with Crippen LogP contribution in [0.1, 0.15) is 33.9 Å². The van der Waals surface area contributed by atoms with Crippen molar-refractivity contribution < 1.29 is 18.0 Å². The fraction of sp³-hybridized carbons (Fsp3) is 0.250. The highest BCUT2D eigenvalue weighted by atomic mass is 35.5. The van der Waals surface area contributed by atoms with Gasteiger partial charge in [-0.1, -0.05) is 24.3 Å². The fourth-order valence-electron chi connectivity index (χ4n) is 3.23. The standard InChI is InChI=1S/C24H24F3N3O.ClH/c1-16-5-10-21(14-17(16)2)30(23(31)22(28)19-4-3-12-29-15-19)13-11-18-6-8-20(9-7-18)24(25,26)27;/h3-10,12,14-15,22H,11,13,28H2,1-2H3;1H/t22-;/m1./s1. The number of carbonyl (C=O) groups is 1. The maximum Gasteiger partial charge on any atom is 0.416 e. The third-order valence-corrected chi connectivity index (χ3v) is 5.28. The molecule has 0 bridgehead atoms. The summed E-state index contributed by atoms with van der Waals surface area (Å²) in [7, 11) is 0. The Morgan fingerprint density at radius 3 is 2.31 bits per heavy atom. The molecular weight excluding hydrogens is 439 g/mol. The molecule has 3 rings (SSSR count). The van der Waals surface area contributed by atoms with E-state index in [4.69, 9.17) is 5.73 Å². The largest absolute Gasteiger partial charge is 0.416 e. The van der Waals surface area contributed by atoms with Crippen molar-refractivity contribution in [1.29, 1.82) is 0 Å². The molecule has 0 unspecified atom stereocenters. The molecule has 0 aliphatic rings. The third kappa shape index (κ3) is 6.08. The molecule has 1 heterocycles. The number of pyridine rings is 1. The molecular formula is C24H25ClF3N3O. The minimum Gasteiger partial charge on any atom is -0.316 e. The van der Waals surface area contributed by atoms with E-state index in [2.05, 4.69) is 4.98 Å². The SMILES string of the molecule is Cc1ccc(N(CCc2ccc(C(F)(F)F)cc2)C(=O)[C@H](N)c2cccnc2)cc1C.Cl. The number of hydrogen-bond donors (Lipinski definition) is 1. The molecule has 1 aromatic heterocycles. The van der Waals surface area contributed by atoms with E-state index < -0.39 is 17.8 Å². The summed E-state index contributed by atoms with van der Waals surface area (Å²) in [4.78, 5) is 18.9. The molecule has 3 aromatic rings. The quantitative estimate of drug-likeness (QED) is 0.531. The lowest BCUT2D eigenvalue weighted by atomic mass is 10.0. The van der Waals surface area contributed by atoms with Crippen LogP contribution in [0.5, 0.6) is 0 Å². The first-order valence-electron chi connectivity index (χ1n) is 9.87. The van der Waals surface area contributed by atoms with E-state index in [0.29, 0.717) is 23.2 Å². The van der Waals surface area contributed by atoms with E-state index >= 15 is 0 Å². The Labute approximate surface area is 191 Å². The van der Waals surface area contributed by atoms with Gasteiger partial charge in [0.15, 0.2) is 0 Å². The van der Waals surface area contributed by atoms with Crippen LogP contribution in [0.2, 0.25) is 0 Å². The number of hydrogen-bond acceptors (Lipinski definition) is 3. The van der Waals surface area contributed by atoms with Crippen molar-refractivity contribution in [2.75, 3.05) is 11.4 Å². The van der Waals surface area contributed by atoms with Gasteiger partial charge in [0.1, 0.15) is 6.04 Å². The van der Waals surface area contributed by atoms with Gasteiger partial charge >= 0.3 is 6.18 Å². The summed E-state index contributed by atoms with van der Waals surface area (Å²) in [6.07, 6.45) is -0.837. The zero-order valence-corrected chi connectivity index (χ0v) is 18.6. The number of benzene rings is 2. The summed E-state index contributed by atoms with van der Waals surface area (Å²) in [6.45, 7) is 4.22. The van der Waals surface area contributed by atoms with Crippen LogP contribution in [0.4, 0.5) is 18.9 Å². The number of nitrogens with zero attached hydrogens (tertiary/aromatic N) is 2. The summed E-state index contributed by atoms with van der Waals surface area (Å²) in [6, 6.07) is 13.2. The predicted octanol–water partition coefficient (Wildman–Crippen LogP) is 5.41. The molecule has 2 N–H and O–H groups in total. The molecule has 0 spiro atoms. The van der Waals surface area contributed by atoms with Gasteiger partial charge in [0, 0.05) is 24.6 Å². The van der Waals surface area contributed by atoms with Crippen LogP contribution in [0.25, 0.3) is 0 Å². The summed E-state index contributed by atoms with van der Waals surface area (Å²) in [5.41, 5.74) is 9.63. The van der Waals surface area contributed by atoms with E-state index in [1.807, 2.05) is 32.0 Å². The number of halogens is 4. The number of amides is 1. The first kappa shape index (κ1) is 25.4. The molecule has 4 nitrogen and oxygen atoms in total. The maximum absolute atomic E-state index is 13.3. The second-order valence-corrected chi connectivity index (χ2v) is 7.47. The van der Waals surface area contributed by atoms with Crippen molar-refractivity contribution >= 4 is 24.0 Å². The molecule has 8 heteroatoms. The number of alkyl halides is 3. The van der Waals surface area contributed by atoms with Gasteiger partial charge in [-0.2, -0.15) is 13.2 Å². The molecule has 1 atom stereocenters. The second kappa shape index (κ2) is 10.6. The van der Waals surface area contributed by atoms with Crippen molar-refractivity contribution in [3.8, 4) is 0 Å². The highest BCUT2D eigenvalue weighted by Crippen LogP contribution is 2.29. The summed E-state index contributed by atoms with van der Waals surface area (Å²) in [5.74, 6) is -0.303. The van der Waals surface area contributed by atoms with Gasteiger partial charge in [0.2, 0.25) is 5.91 Å². The van der Waals surface area contributed by atoms with Crippen LogP contribution < -0.4 is 10.6 Å². The summed E-state index contributed by atoms with van der Waals surface area (Å²) < 4.78 is 38.4. The molecule has 0 radical (unpaired) electrons. The van der Waals surface area contributed by atoms with Crippen molar-refractivity contribution in [3.05, 3.63) is 94.8 Å². The van der Waals surface area contributed by atoms with Crippen molar-refractivity contribution in [2.24, 2.45) is 5.73 Å². The lowest BCUT2D eigenvalue weighted by Crippen LogP contribution is -2.40. The van der Waals surface area contributed by atoms with E-state index in [1.165, 1.54) is 12.1 Å². The summed E-state index contributed by atoms with van der Waals surface area (Å²) in [5, 5.41) is 0. The molecule has 0 aliphatic carbocycles. The average molecular weight is 464 g/mol. The Kier molecular flexibility index (Phi) is 8.41. The van der Waals surface area contributed by atoms with Crippen molar-refractivity contribution in [2.45, 2.75) is 32.5 Å². The Hall–Kier alpha value is -2.90. The van der Waals surface area contributed by atoms with Crippen LogP contribution in [-0.2, 0) is 17.4 Å². The number of nitrogens with two attached hydrogens (primary N) is 1. The predicted molar refractivity (Wildman–Crippen MR) is 122 cm³/mol. The number of rotatable bonds is 6. The van der Waals surface area contributed by atoms with E-state index in [-0.39, 0.29) is 24.9 Å². The molecule has 32 heavy (non-hydrogen) atoms. The molecule has 2 aromatic carbocycles. The average Bonchev–Trinajstić information content (AvgIpc) is 2.76. The van der Waals surface area contributed by atoms with Gasteiger partial charge in [0.25, 0.3) is 0 Å². The van der Waals surface area contributed by atoms with Crippen molar-refractivity contribution in [3.63, 3.8) is 0 Å². The van der Waals surface area contributed by atoms with Crippen LogP contribution >= 0.6 is 12.4 Å². The lowest BCUT2D eigenvalue weighted by molar-refractivity contribution is -0.137. The first-order chi connectivity index (χ1) is 14.7. The molecule has 0 saturated carbocycles. The minimum absolute atomic E-state index is 0. The first-order valence-corrected chi connectivity index (χ1v) is 9.87. The molecule has 170 valence electrons. The van der Waals surface area contributed by atoms with Gasteiger partial charge in [0.05, 0.1) is 5.56 Å². The van der Waals surface area contributed by atoms with E-state index in [1.54, 1.807) is 29.4 Å². The summed E-state index contributed by atoms with van der Waals surface area (Å²) >= 11 is 0. The van der Waals surface area contributed by atoms with Crippen LogP contribution in [0.3, 0.4) is 0 Å². The molecule has 1 amide bonds. The topological polar surface area (TPSA) is 59.2 Å². The smallest absolute Gasteiger partial charge is 0.316 e. The third-order valence-electron chi connectivity index (χ3n) is 5.28. The minimum atomic E-state index is -4.38. The van der Waals surface area contributed by atoms with Gasteiger partial charge in [-0.3, -0.25) is 9.78 Å². The van der Waals surface area contributed by atoms with Crippen molar-refractivity contribution in [1.82, 2.24) is 4.98 Å². The Bertz CT molecular complexity index is 1040. The second-order valence-electron chi connectivity index (χ2n) is 7.47. The Morgan fingerprint density at radius 2 is 1.75 bits per heavy atom. The number of aromatic nitrogens is 1. The van der Waals surface area contributed by atoms with E-state index in [9.17, 15) is 18.0 Å². The number of aryl methyl sites for hydroxylation is 2. The van der Waals surface area contributed by atoms with Gasteiger partial charge < -0.3 is 10.6 Å². The van der Waals surface area contributed by atoms with Crippen LogP contribution in [-0.4, -0.2) is 17.4 Å². The van der Waals surface area contributed by atoms with Crippen LogP contribution in [0.15, 0.2) is 67.0 Å². The normalized spacial score (nSPS) is 12.1. The fourth-order valence-corrected chi connectivity index (χ4v) is 3.23. The molecule has 0 saturated heterocycles. The Morgan fingerprint density at radius 1 is 1.06 bits per heavy atom. The molecule has 0 fully saturated rings. The monoisotopic (exact) mass is 463 g/mol. The number of anilines is 1. The lowest BCUT2D eigenvalue weighted by Gasteiger charge is -2.27.